The number of nitrogens with two attached hydrogens (primary N) is 1. The summed E-state index contributed by atoms with van der Waals surface area (Å²) in [6.45, 7) is 11.3. The molecular formula is C32H47N9O7. The lowest BCUT2D eigenvalue weighted by atomic mass is 10.00. The molecule has 0 saturated carbocycles. The first-order valence-corrected chi connectivity index (χ1v) is 15.7. The quantitative estimate of drug-likeness (QED) is 0.0664. The van der Waals surface area contributed by atoms with Gasteiger partial charge in [-0.15, -0.1) is 0 Å². The highest BCUT2D eigenvalue weighted by Gasteiger charge is 2.31. The number of aromatic nitrogens is 1. The predicted octanol–water partition coefficient (Wildman–Crippen LogP) is 1.88. The van der Waals surface area contributed by atoms with Gasteiger partial charge in [0.15, 0.2) is 0 Å². The van der Waals surface area contributed by atoms with Crippen LogP contribution in [0, 0.1) is 11.8 Å². The number of benzene rings is 1. The third kappa shape index (κ3) is 12.7. The number of hydrogen-bond acceptors (Lipinski definition) is 8. The number of H-pyrrole nitrogens is 1. The molecule has 0 aliphatic heterocycles. The minimum Gasteiger partial charge on any atom is -0.460 e. The molecule has 16 heteroatoms. The molecule has 48 heavy (non-hydrogen) atoms. The summed E-state index contributed by atoms with van der Waals surface area (Å²) in [5.74, 6) is -5.07. The topological polar surface area (TPSA) is 250 Å². The number of hydrogen-bond donors (Lipinski definition) is 6. The van der Waals surface area contributed by atoms with E-state index in [1.54, 1.807) is 40.8 Å². The van der Waals surface area contributed by atoms with Crippen LogP contribution in [0.3, 0.4) is 0 Å². The summed E-state index contributed by atoms with van der Waals surface area (Å²) < 4.78 is 5.33. The summed E-state index contributed by atoms with van der Waals surface area (Å²) in [7, 11) is 0. The van der Waals surface area contributed by atoms with E-state index in [2.05, 4.69) is 36.3 Å². The van der Waals surface area contributed by atoms with Crippen molar-refractivity contribution in [3.8, 4) is 0 Å². The van der Waals surface area contributed by atoms with E-state index in [9.17, 15) is 28.8 Å². The average Bonchev–Trinajstić information content (AvgIpc) is 3.39. The molecule has 2 rings (SSSR count). The Bertz CT molecular complexity index is 1520. The fourth-order valence-corrected chi connectivity index (χ4v) is 4.79. The van der Waals surface area contributed by atoms with E-state index in [-0.39, 0.29) is 18.8 Å². The monoisotopic (exact) mass is 669 g/mol. The maximum atomic E-state index is 13.2. The molecule has 0 aliphatic rings. The van der Waals surface area contributed by atoms with Gasteiger partial charge in [0.25, 0.3) is 0 Å². The summed E-state index contributed by atoms with van der Waals surface area (Å²) in [5, 5.41) is 13.9. The van der Waals surface area contributed by atoms with Crippen LogP contribution in [-0.2, 0) is 39.9 Å². The molecule has 7 N–H and O–H groups in total. The molecule has 0 bridgehead atoms. The number of fused-ring (bicyclic) bond motifs is 1. The van der Waals surface area contributed by atoms with E-state index in [4.69, 9.17) is 16.0 Å². The summed E-state index contributed by atoms with van der Waals surface area (Å²) in [4.78, 5) is 82.7. The van der Waals surface area contributed by atoms with Gasteiger partial charge in [-0.25, -0.2) is 0 Å². The first kappa shape index (κ1) is 39.2. The number of carbonyl (C=O) groups excluding carboxylic acids is 6. The molecule has 0 fully saturated rings. The minimum atomic E-state index is -1.43. The van der Waals surface area contributed by atoms with Crippen molar-refractivity contribution in [1.29, 1.82) is 0 Å². The summed E-state index contributed by atoms with van der Waals surface area (Å²) in [6.07, 6.45) is 1.55. The third-order valence-corrected chi connectivity index (χ3v) is 7.03. The number of esters is 1. The lowest BCUT2D eigenvalue weighted by molar-refractivity contribution is -0.156. The number of amides is 5. The molecule has 0 radical (unpaired) electrons. The van der Waals surface area contributed by atoms with Gasteiger partial charge in [-0.05, 0) is 67.7 Å². The largest absolute Gasteiger partial charge is 0.460 e. The molecule has 5 amide bonds. The van der Waals surface area contributed by atoms with Crippen molar-refractivity contribution in [1.82, 2.24) is 26.3 Å². The van der Waals surface area contributed by atoms with Crippen molar-refractivity contribution in [3.05, 3.63) is 46.5 Å². The molecule has 1 aromatic heterocycles. The van der Waals surface area contributed by atoms with Crippen LogP contribution in [-0.4, -0.2) is 76.8 Å². The molecule has 0 unspecified atom stereocenters. The molecule has 4 atom stereocenters. The Kier molecular flexibility index (Phi) is 14.6. The Labute approximate surface area is 279 Å². The number of nitrogens with zero attached hydrogens (tertiary/aromatic N) is 3. The van der Waals surface area contributed by atoms with E-state index >= 15 is 0 Å². The van der Waals surface area contributed by atoms with Gasteiger partial charge in [0, 0.05) is 22.0 Å². The van der Waals surface area contributed by atoms with Gasteiger partial charge in [-0.1, -0.05) is 45.9 Å². The van der Waals surface area contributed by atoms with Crippen molar-refractivity contribution in [2.24, 2.45) is 22.7 Å². The van der Waals surface area contributed by atoms with Crippen LogP contribution in [0.2, 0.25) is 0 Å². The van der Waals surface area contributed by atoms with Crippen molar-refractivity contribution < 1.29 is 33.5 Å². The second kappa shape index (κ2) is 17.8. The number of para-hydroxylation sites is 1. The van der Waals surface area contributed by atoms with Gasteiger partial charge in [-0.3, -0.25) is 28.8 Å². The number of rotatable bonds is 16. The fourth-order valence-electron chi connectivity index (χ4n) is 4.79. The smallest absolute Gasteiger partial charge is 0.308 e. The van der Waals surface area contributed by atoms with Crippen molar-refractivity contribution in [2.45, 2.75) is 97.5 Å². The van der Waals surface area contributed by atoms with Crippen LogP contribution in [0.15, 0.2) is 35.6 Å². The minimum absolute atomic E-state index is 0.0207. The highest BCUT2D eigenvalue weighted by molar-refractivity contribution is 5.96. The van der Waals surface area contributed by atoms with E-state index in [0.717, 1.165) is 16.5 Å². The number of ether oxygens (including phenoxy) is 1. The van der Waals surface area contributed by atoms with Crippen LogP contribution in [0.5, 0.6) is 0 Å². The zero-order valence-corrected chi connectivity index (χ0v) is 28.5. The molecule has 0 spiro atoms. The van der Waals surface area contributed by atoms with Crippen molar-refractivity contribution >= 4 is 46.4 Å². The van der Waals surface area contributed by atoms with Gasteiger partial charge in [0.2, 0.25) is 29.5 Å². The van der Waals surface area contributed by atoms with Gasteiger partial charge in [-0.2, -0.15) is 0 Å². The Balaban J connectivity index is 2.11. The van der Waals surface area contributed by atoms with E-state index in [1.807, 2.05) is 38.1 Å². The molecule has 16 nitrogen and oxygen atoms in total. The first-order chi connectivity index (χ1) is 22.4. The molecule has 1 aromatic carbocycles. The zero-order chi connectivity index (χ0) is 36.2. The number of azide groups is 1. The Morgan fingerprint density at radius 2 is 1.60 bits per heavy atom. The predicted molar refractivity (Wildman–Crippen MR) is 178 cm³/mol. The summed E-state index contributed by atoms with van der Waals surface area (Å²) in [6, 6.07) is 2.79. The van der Waals surface area contributed by atoms with Gasteiger partial charge in [0.05, 0.1) is 25.0 Å². The maximum Gasteiger partial charge on any atom is 0.308 e. The van der Waals surface area contributed by atoms with E-state index < -0.39 is 84.2 Å². The zero-order valence-electron chi connectivity index (χ0n) is 28.5. The highest BCUT2D eigenvalue weighted by atomic mass is 16.6. The van der Waals surface area contributed by atoms with Gasteiger partial charge >= 0.3 is 5.97 Å². The second-order valence-electron chi connectivity index (χ2n) is 13.2. The van der Waals surface area contributed by atoms with Crippen LogP contribution in [0.4, 0.5) is 0 Å². The fraction of sp³-hybridized carbons (Fsp3) is 0.562. The van der Waals surface area contributed by atoms with E-state index in [0.29, 0.717) is 0 Å². The lowest BCUT2D eigenvalue weighted by Gasteiger charge is -2.25. The maximum absolute atomic E-state index is 13.2. The Hall–Kier alpha value is -4.95. The molecule has 0 saturated heterocycles. The molecule has 2 aromatic rings. The molecular weight excluding hydrogens is 622 g/mol. The lowest BCUT2D eigenvalue weighted by Crippen LogP contribution is -2.56. The van der Waals surface area contributed by atoms with Crippen LogP contribution < -0.4 is 27.0 Å². The number of nitrogens with one attached hydrogen (secondary N) is 5. The first-order valence-electron chi connectivity index (χ1n) is 15.7. The standard InChI is InChI=1S/C32H47N9O7/c1-17(2)12-23(30(46)40-41-34)38-31(47)27(18(3)4)39-25(42)16-36-29(45)24(14-26(43)48-32(5,6)7)37-28(44)21(33)13-19-15-35-22-11-9-8-10-20(19)22/h8-11,15,17-18,21,23-24,27,35H,12-14,16,33H2,1-7H3,(H,36,45)(H,37,44)(H,38,47)(H,39,42)/t21-,23+,24-,27-/m1/s1. The molecule has 1 heterocycles. The summed E-state index contributed by atoms with van der Waals surface area (Å²) >= 11 is 0. The van der Waals surface area contributed by atoms with E-state index in [1.165, 1.54) is 0 Å². The van der Waals surface area contributed by atoms with Crippen LogP contribution >= 0.6 is 0 Å². The number of aromatic amines is 1. The van der Waals surface area contributed by atoms with Crippen molar-refractivity contribution in [3.63, 3.8) is 0 Å². The number of carbonyl (C=O) groups is 6. The molecule has 262 valence electrons. The van der Waals surface area contributed by atoms with Crippen LogP contribution in [0.1, 0.15) is 66.9 Å². The Morgan fingerprint density at radius 1 is 0.958 bits per heavy atom. The second-order valence-corrected chi connectivity index (χ2v) is 13.2. The SMILES string of the molecule is CC(C)C[C@H](NC(=O)[C@H](NC(=O)CNC(=O)[C@@H](CC(=O)OC(C)(C)C)NC(=O)[C@H](N)Cc1c[nH]c2ccccc12)C(C)C)C(=O)N=[N+]=[N-]. The third-order valence-electron chi connectivity index (χ3n) is 7.03. The summed E-state index contributed by atoms with van der Waals surface area (Å²) in [5.41, 5.74) is 15.6. The van der Waals surface area contributed by atoms with Crippen LogP contribution in [0.25, 0.3) is 21.3 Å². The Morgan fingerprint density at radius 3 is 2.21 bits per heavy atom. The van der Waals surface area contributed by atoms with Gasteiger partial charge < -0.3 is 36.7 Å². The van der Waals surface area contributed by atoms with Gasteiger partial charge in [0.1, 0.15) is 17.7 Å². The normalized spacial score (nSPS) is 13.9. The molecule has 0 aliphatic carbocycles. The highest BCUT2D eigenvalue weighted by Crippen LogP contribution is 2.19. The van der Waals surface area contributed by atoms with Crippen molar-refractivity contribution in [2.75, 3.05) is 6.54 Å². The average molecular weight is 670 g/mol.